The first-order valence-corrected chi connectivity index (χ1v) is 7.50. The second kappa shape index (κ2) is 6.20. The van der Waals surface area contributed by atoms with E-state index in [1.807, 2.05) is 31.2 Å². The van der Waals surface area contributed by atoms with Crippen LogP contribution in [0.15, 0.2) is 53.3 Å². The van der Waals surface area contributed by atoms with Gasteiger partial charge in [0.25, 0.3) is 5.56 Å². The Hall–Kier alpha value is -3.08. The van der Waals surface area contributed by atoms with Crippen LogP contribution >= 0.6 is 0 Å². The molecule has 24 heavy (non-hydrogen) atoms. The van der Waals surface area contributed by atoms with Crippen molar-refractivity contribution in [1.82, 2.24) is 4.57 Å². The summed E-state index contributed by atoms with van der Waals surface area (Å²) in [4.78, 5) is 23.6. The lowest BCUT2D eigenvalue weighted by molar-refractivity contribution is 0.0696. The van der Waals surface area contributed by atoms with Crippen molar-refractivity contribution in [2.24, 2.45) is 0 Å². The number of methoxy groups -OCH3 is 1. The Morgan fingerprint density at radius 1 is 1.12 bits per heavy atom. The van der Waals surface area contributed by atoms with Crippen LogP contribution in [-0.4, -0.2) is 22.8 Å². The average molecular weight is 323 g/mol. The van der Waals surface area contributed by atoms with Gasteiger partial charge in [0.1, 0.15) is 5.75 Å². The van der Waals surface area contributed by atoms with E-state index in [9.17, 15) is 14.7 Å². The standard InChI is InChI=1S/C19H17NO4/c1-12-3-5-13(6-4-12)11-20-17(21)8-7-14-9-15(19(22)23)10-16(24-2)18(14)20/h3-10H,11H2,1-2H3,(H,22,23). The smallest absolute Gasteiger partial charge is 0.335 e. The Labute approximate surface area is 138 Å². The second-order valence-corrected chi connectivity index (χ2v) is 5.66. The zero-order valence-electron chi connectivity index (χ0n) is 13.4. The molecule has 0 aliphatic carbocycles. The first-order chi connectivity index (χ1) is 11.5. The summed E-state index contributed by atoms with van der Waals surface area (Å²) in [7, 11) is 1.47. The van der Waals surface area contributed by atoms with Crippen molar-refractivity contribution in [3.8, 4) is 5.75 Å². The summed E-state index contributed by atoms with van der Waals surface area (Å²) in [6.07, 6.45) is 0. The predicted octanol–water partition coefficient (Wildman–Crippen LogP) is 3.07. The van der Waals surface area contributed by atoms with Gasteiger partial charge in [-0.05, 0) is 30.7 Å². The quantitative estimate of drug-likeness (QED) is 0.801. The number of hydrogen-bond acceptors (Lipinski definition) is 3. The fourth-order valence-corrected chi connectivity index (χ4v) is 2.72. The Bertz CT molecular complexity index is 971. The molecule has 122 valence electrons. The van der Waals surface area contributed by atoms with E-state index in [4.69, 9.17) is 4.74 Å². The maximum atomic E-state index is 12.4. The third-order valence-electron chi connectivity index (χ3n) is 3.97. The highest BCUT2D eigenvalue weighted by atomic mass is 16.5. The summed E-state index contributed by atoms with van der Waals surface area (Å²) in [5, 5.41) is 9.88. The van der Waals surface area contributed by atoms with Crippen LogP contribution in [0, 0.1) is 6.92 Å². The van der Waals surface area contributed by atoms with Crippen molar-refractivity contribution in [3.05, 3.63) is 75.6 Å². The van der Waals surface area contributed by atoms with E-state index in [1.54, 1.807) is 16.7 Å². The number of aromatic nitrogens is 1. The number of carbonyl (C=O) groups is 1. The normalized spacial score (nSPS) is 10.8. The monoisotopic (exact) mass is 323 g/mol. The fraction of sp³-hybridized carbons (Fsp3) is 0.158. The number of ether oxygens (including phenoxy) is 1. The molecule has 5 nitrogen and oxygen atoms in total. The summed E-state index contributed by atoms with van der Waals surface area (Å²) < 4.78 is 6.95. The van der Waals surface area contributed by atoms with Gasteiger partial charge in [0.15, 0.2) is 0 Å². The van der Waals surface area contributed by atoms with E-state index < -0.39 is 5.97 Å². The van der Waals surface area contributed by atoms with Crippen LogP contribution in [-0.2, 0) is 6.54 Å². The summed E-state index contributed by atoms with van der Waals surface area (Å²) in [6.45, 7) is 2.39. The third kappa shape index (κ3) is 2.88. The van der Waals surface area contributed by atoms with Crippen molar-refractivity contribution in [1.29, 1.82) is 0 Å². The lowest BCUT2D eigenvalue weighted by atomic mass is 10.1. The van der Waals surface area contributed by atoms with Gasteiger partial charge in [-0.2, -0.15) is 0 Å². The molecule has 1 N–H and O–H groups in total. The maximum Gasteiger partial charge on any atom is 0.335 e. The number of hydrogen-bond donors (Lipinski definition) is 1. The summed E-state index contributed by atoms with van der Waals surface area (Å²) in [5.41, 5.74) is 2.69. The van der Waals surface area contributed by atoms with Crippen molar-refractivity contribution < 1.29 is 14.6 Å². The maximum absolute atomic E-state index is 12.4. The number of carboxylic acid groups (broad SMARTS) is 1. The Balaban J connectivity index is 2.22. The Kier molecular flexibility index (Phi) is 4.08. The highest BCUT2D eigenvalue weighted by Crippen LogP contribution is 2.27. The van der Waals surface area contributed by atoms with Gasteiger partial charge in [-0.25, -0.2) is 4.79 Å². The minimum atomic E-state index is -1.04. The molecule has 5 heteroatoms. The summed E-state index contributed by atoms with van der Waals surface area (Å²) >= 11 is 0. The number of nitrogens with zero attached hydrogens (tertiary/aromatic N) is 1. The third-order valence-corrected chi connectivity index (χ3v) is 3.97. The van der Waals surface area contributed by atoms with E-state index in [0.29, 0.717) is 23.2 Å². The van der Waals surface area contributed by atoms with Gasteiger partial charge in [0.2, 0.25) is 0 Å². The number of pyridine rings is 1. The van der Waals surface area contributed by atoms with Gasteiger partial charge in [-0.1, -0.05) is 29.8 Å². The van der Waals surface area contributed by atoms with Crippen LogP contribution < -0.4 is 10.3 Å². The molecule has 0 amide bonds. The first kappa shape index (κ1) is 15.8. The SMILES string of the molecule is COc1cc(C(=O)O)cc2ccc(=O)n(Cc3ccc(C)cc3)c12. The van der Waals surface area contributed by atoms with E-state index in [2.05, 4.69) is 0 Å². The molecule has 0 saturated heterocycles. The van der Waals surface area contributed by atoms with Crippen molar-refractivity contribution in [2.45, 2.75) is 13.5 Å². The van der Waals surface area contributed by atoms with E-state index in [1.165, 1.54) is 19.2 Å². The molecule has 1 aromatic heterocycles. The largest absolute Gasteiger partial charge is 0.495 e. The molecule has 0 spiro atoms. The molecule has 3 rings (SSSR count). The van der Waals surface area contributed by atoms with E-state index in [-0.39, 0.29) is 11.1 Å². The molecular formula is C19H17NO4. The van der Waals surface area contributed by atoms with Gasteiger partial charge in [0.05, 0.1) is 24.7 Å². The van der Waals surface area contributed by atoms with Crippen molar-refractivity contribution in [2.75, 3.05) is 7.11 Å². The van der Waals surface area contributed by atoms with Crippen LogP contribution in [0.5, 0.6) is 5.75 Å². The molecule has 3 aromatic rings. The second-order valence-electron chi connectivity index (χ2n) is 5.66. The molecule has 2 aromatic carbocycles. The lowest BCUT2D eigenvalue weighted by Gasteiger charge is -2.14. The van der Waals surface area contributed by atoms with E-state index in [0.717, 1.165) is 11.1 Å². The van der Waals surface area contributed by atoms with Crippen LogP contribution in [0.2, 0.25) is 0 Å². The minimum absolute atomic E-state index is 0.125. The first-order valence-electron chi connectivity index (χ1n) is 7.50. The van der Waals surface area contributed by atoms with Gasteiger partial charge >= 0.3 is 5.97 Å². The molecule has 0 saturated carbocycles. The number of aryl methyl sites for hydroxylation is 1. The van der Waals surface area contributed by atoms with E-state index >= 15 is 0 Å². The molecule has 0 atom stereocenters. The summed E-state index contributed by atoms with van der Waals surface area (Å²) in [5.74, 6) is -0.666. The molecule has 0 aliphatic heterocycles. The van der Waals surface area contributed by atoms with Gasteiger partial charge in [-0.3, -0.25) is 4.79 Å². The predicted molar refractivity (Wildman–Crippen MR) is 92.0 cm³/mol. The minimum Gasteiger partial charge on any atom is -0.495 e. The van der Waals surface area contributed by atoms with Crippen LogP contribution in [0.3, 0.4) is 0 Å². The molecule has 1 heterocycles. The van der Waals surface area contributed by atoms with Gasteiger partial charge in [0, 0.05) is 11.5 Å². The van der Waals surface area contributed by atoms with Crippen LogP contribution in [0.4, 0.5) is 0 Å². The van der Waals surface area contributed by atoms with Crippen LogP contribution in [0.25, 0.3) is 10.9 Å². The van der Waals surface area contributed by atoms with Gasteiger partial charge in [-0.15, -0.1) is 0 Å². The molecule has 0 bridgehead atoms. The van der Waals surface area contributed by atoms with Gasteiger partial charge < -0.3 is 14.4 Å². The zero-order valence-corrected chi connectivity index (χ0v) is 13.4. The highest BCUT2D eigenvalue weighted by molar-refractivity contribution is 5.96. The zero-order chi connectivity index (χ0) is 17.3. The Morgan fingerprint density at radius 2 is 1.83 bits per heavy atom. The number of benzene rings is 2. The van der Waals surface area contributed by atoms with Crippen LogP contribution in [0.1, 0.15) is 21.5 Å². The average Bonchev–Trinajstić information content (AvgIpc) is 2.58. The summed E-state index contributed by atoms with van der Waals surface area (Å²) in [6, 6.07) is 14.0. The topological polar surface area (TPSA) is 68.5 Å². The lowest BCUT2D eigenvalue weighted by Crippen LogP contribution is -2.20. The molecule has 0 aliphatic rings. The number of carboxylic acids is 1. The molecule has 0 fully saturated rings. The van der Waals surface area contributed by atoms with Crippen molar-refractivity contribution >= 4 is 16.9 Å². The number of fused-ring (bicyclic) bond motifs is 1. The molecular weight excluding hydrogens is 306 g/mol. The molecule has 0 radical (unpaired) electrons. The molecule has 0 unspecified atom stereocenters. The van der Waals surface area contributed by atoms with Crippen molar-refractivity contribution in [3.63, 3.8) is 0 Å². The fourth-order valence-electron chi connectivity index (χ4n) is 2.72. The Morgan fingerprint density at radius 3 is 2.46 bits per heavy atom. The highest BCUT2D eigenvalue weighted by Gasteiger charge is 2.14. The number of aromatic carboxylic acids is 1. The number of rotatable bonds is 4.